The van der Waals surface area contributed by atoms with E-state index in [2.05, 4.69) is 44.7 Å². The van der Waals surface area contributed by atoms with Gasteiger partial charge in [-0.1, -0.05) is 27.2 Å². The number of likely N-dealkylation sites (N-methyl/N-ethyl adjacent to an activating group) is 1. The third kappa shape index (κ3) is 7.31. The third-order valence-corrected chi connectivity index (χ3v) is 3.21. The van der Waals surface area contributed by atoms with Gasteiger partial charge in [0.15, 0.2) is 0 Å². The zero-order valence-electron chi connectivity index (χ0n) is 12.9. The fourth-order valence-corrected chi connectivity index (χ4v) is 2.24. The number of rotatable bonds is 10. The zero-order valence-corrected chi connectivity index (χ0v) is 12.9. The molecule has 4 heteroatoms. The first-order valence-corrected chi connectivity index (χ1v) is 7.17. The average molecular weight is 259 g/mol. The van der Waals surface area contributed by atoms with Crippen molar-refractivity contribution in [2.45, 2.75) is 45.7 Å². The van der Waals surface area contributed by atoms with Crippen LogP contribution in [0.5, 0.6) is 0 Å². The minimum Gasteiger partial charge on any atom is -0.395 e. The Morgan fingerprint density at radius 2 is 1.78 bits per heavy atom. The highest BCUT2D eigenvalue weighted by molar-refractivity contribution is 4.82. The van der Waals surface area contributed by atoms with Gasteiger partial charge in [0.25, 0.3) is 0 Å². The topological polar surface area (TPSA) is 52.7 Å². The van der Waals surface area contributed by atoms with E-state index in [9.17, 15) is 5.11 Å². The molecule has 2 atom stereocenters. The lowest BCUT2D eigenvalue weighted by Gasteiger charge is -2.36. The van der Waals surface area contributed by atoms with Crippen LogP contribution in [-0.4, -0.2) is 67.3 Å². The van der Waals surface area contributed by atoms with E-state index in [0.29, 0.717) is 5.92 Å². The van der Waals surface area contributed by atoms with Crippen molar-refractivity contribution in [2.24, 2.45) is 11.7 Å². The summed E-state index contributed by atoms with van der Waals surface area (Å²) in [5.41, 5.74) is 6.21. The van der Waals surface area contributed by atoms with E-state index in [4.69, 9.17) is 5.73 Å². The van der Waals surface area contributed by atoms with Gasteiger partial charge >= 0.3 is 0 Å². The van der Waals surface area contributed by atoms with E-state index in [0.717, 1.165) is 32.5 Å². The molecule has 0 saturated carbocycles. The second kappa shape index (κ2) is 9.73. The van der Waals surface area contributed by atoms with Crippen molar-refractivity contribution >= 4 is 0 Å². The molecule has 0 heterocycles. The highest BCUT2D eigenvalue weighted by atomic mass is 16.3. The molecule has 0 spiro atoms. The molecule has 18 heavy (non-hydrogen) atoms. The van der Waals surface area contributed by atoms with E-state index in [1.54, 1.807) is 0 Å². The minimum absolute atomic E-state index is 0.0703. The summed E-state index contributed by atoms with van der Waals surface area (Å²) in [6.45, 7) is 9.68. The van der Waals surface area contributed by atoms with Crippen LogP contribution in [0.3, 0.4) is 0 Å². The Kier molecular flexibility index (Phi) is 9.64. The molecule has 0 aromatic heterocycles. The smallest absolute Gasteiger partial charge is 0.0601 e. The van der Waals surface area contributed by atoms with Crippen LogP contribution in [0.1, 0.15) is 33.6 Å². The lowest BCUT2D eigenvalue weighted by Crippen LogP contribution is -2.52. The fourth-order valence-electron chi connectivity index (χ4n) is 2.24. The van der Waals surface area contributed by atoms with Gasteiger partial charge in [0.2, 0.25) is 0 Å². The standard InChI is InChI=1S/C14H33N3O/c1-6-7-13(15)14(11-18)17(10-12(2)3)9-8-16(4)5/h12-14,18H,6-11,15H2,1-5H3. The Hall–Kier alpha value is -0.160. The van der Waals surface area contributed by atoms with E-state index in [1.807, 2.05) is 0 Å². The van der Waals surface area contributed by atoms with E-state index >= 15 is 0 Å². The van der Waals surface area contributed by atoms with Crippen LogP contribution in [0.25, 0.3) is 0 Å². The Morgan fingerprint density at radius 1 is 1.17 bits per heavy atom. The first-order chi connectivity index (χ1) is 8.42. The van der Waals surface area contributed by atoms with Crippen LogP contribution in [0.2, 0.25) is 0 Å². The first kappa shape index (κ1) is 17.8. The van der Waals surface area contributed by atoms with E-state index < -0.39 is 0 Å². The Labute approximate surface area is 113 Å². The van der Waals surface area contributed by atoms with Crippen molar-refractivity contribution in [3.8, 4) is 0 Å². The summed E-state index contributed by atoms with van der Waals surface area (Å²) in [4.78, 5) is 4.53. The Morgan fingerprint density at radius 3 is 2.17 bits per heavy atom. The lowest BCUT2D eigenvalue weighted by molar-refractivity contribution is 0.0849. The summed E-state index contributed by atoms with van der Waals surface area (Å²) >= 11 is 0. The zero-order chi connectivity index (χ0) is 14.1. The predicted octanol–water partition coefficient (Wildman–Crippen LogP) is 0.994. The SMILES string of the molecule is CCCC(N)C(CO)N(CCN(C)C)CC(C)C. The number of nitrogens with zero attached hydrogens (tertiary/aromatic N) is 2. The second-order valence-electron chi connectivity index (χ2n) is 5.89. The monoisotopic (exact) mass is 259 g/mol. The van der Waals surface area contributed by atoms with Crippen molar-refractivity contribution in [1.82, 2.24) is 9.80 Å². The second-order valence-corrected chi connectivity index (χ2v) is 5.89. The molecule has 0 aromatic carbocycles. The molecule has 0 fully saturated rings. The molecule has 0 aromatic rings. The van der Waals surface area contributed by atoms with Crippen molar-refractivity contribution in [1.29, 1.82) is 0 Å². The number of aliphatic hydroxyl groups is 1. The summed E-state index contributed by atoms with van der Waals surface area (Å²) < 4.78 is 0. The normalized spacial score (nSPS) is 15.7. The molecule has 0 aliphatic carbocycles. The minimum atomic E-state index is 0.0703. The van der Waals surface area contributed by atoms with E-state index in [1.165, 1.54) is 0 Å². The quantitative estimate of drug-likeness (QED) is 0.614. The fraction of sp³-hybridized carbons (Fsp3) is 1.00. The molecule has 0 rings (SSSR count). The van der Waals surface area contributed by atoms with Gasteiger partial charge in [0.1, 0.15) is 0 Å². The van der Waals surface area contributed by atoms with Crippen LogP contribution in [0.15, 0.2) is 0 Å². The molecule has 0 saturated heterocycles. The van der Waals surface area contributed by atoms with Crippen molar-refractivity contribution < 1.29 is 5.11 Å². The molecular formula is C14H33N3O. The third-order valence-electron chi connectivity index (χ3n) is 3.21. The molecular weight excluding hydrogens is 226 g/mol. The summed E-state index contributed by atoms with van der Waals surface area (Å²) in [5.74, 6) is 0.593. The van der Waals surface area contributed by atoms with Crippen LogP contribution in [0, 0.1) is 5.92 Å². The predicted molar refractivity (Wildman–Crippen MR) is 78.7 cm³/mol. The Bertz CT molecular complexity index is 197. The number of aliphatic hydroxyl groups excluding tert-OH is 1. The number of hydrogen-bond donors (Lipinski definition) is 2. The maximum absolute atomic E-state index is 9.64. The van der Waals surface area contributed by atoms with Gasteiger partial charge in [-0.05, 0) is 26.4 Å². The molecule has 0 radical (unpaired) electrons. The maximum Gasteiger partial charge on any atom is 0.0601 e. The molecule has 110 valence electrons. The molecule has 0 amide bonds. The molecule has 0 bridgehead atoms. The van der Waals surface area contributed by atoms with Crippen molar-refractivity contribution in [3.63, 3.8) is 0 Å². The van der Waals surface area contributed by atoms with Crippen LogP contribution >= 0.6 is 0 Å². The Balaban J connectivity index is 4.55. The van der Waals surface area contributed by atoms with Gasteiger partial charge in [-0.3, -0.25) is 4.90 Å². The average Bonchev–Trinajstić information content (AvgIpc) is 2.26. The summed E-state index contributed by atoms with van der Waals surface area (Å²) in [6, 6.07) is 0.160. The van der Waals surface area contributed by atoms with Gasteiger partial charge in [-0.25, -0.2) is 0 Å². The molecule has 0 aliphatic heterocycles. The summed E-state index contributed by atoms with van der Waals surface area (Å²) in [6.07, 6.45) is 2.04. The van der Waals surface area contributed by atoms with Gasteiger partial charge in [0.05, 0.1) is 6.61 Å². The summed E-state index contributed by atoms with van der Waals surface area (Å²) in [5, 5.41) is 9.64. The highest BCUT2D eigenvalue weighted by Gasteiger charge is 2.24. The van der Waals surface area contributed by atoms with Crippen molar-refractivity contribution in [2.75, 3.05) is 40.3 Å². The van der Waals surface area contributed by atoms with Gasteiger partial charge in [-0.15, -0.1) is 0 Å². The van der Waals surface area contributed by atoms with Gasteiger partial charge in [-0.2, -0.15) is 0 Å². The summed E-state index contributed by atoms with van der Waals surface area (Å²) in [7, 11) is 4.15. The van der Waals surface area contributed by atoms with Crippen molar-refractivity contribution in [3.05, 3.63) is 0 Å². The molecule has 2 unspecified atom stereocenters. The van der Waals surface area contributed by atoms with Gasteiger partial charge < -0.3 is 15.7 Å². The van der Waals surface area contributed by atoms with E-state index in [-0.39, 0.29) is 18.7 Å². The first-order valence-electron chi connectivity index (χ1n) is 7.17. The van der Waals surface area contributed by atoms with Crippen LogP contribution in [-0.2, 0) is 0 Å². The van der Waals surface area contributed by atoms with Crippen LogP contribution in [0.4, 0.5) is 0 Å². The maximum atomic E-state index is 9.64. The van der Waals surface area contributed by atoms with Gasteiger partial charge in [0, 0.05) is 31.7 Å². The highest BCUT2D eigenvalue weighted by Crippen LogP contribution is 2.10. The molecule has 0 aliphatic rings. The largest absolute Gasteiger partial charge is 0.395 e. The molecule has 3 N–H and O–H groups in total. The molecule has 4 nitrogen and oxygen atoms in total. The van der Waals surface area contributed by atoms with Crippen LogP contribution < -0.4 is 5.73 Å². The lowest BCUT2D eigenvalue weighted by atomic mass is 10.0. The number of nitrogens with two attached hydrogens (primary N) is 1. The number of hydrogen-bond acceptors (Lipinski definition) is 4.